The number of nitriles is 1. The van der Waals surface area contributed by atoms with E-state index >= 15 is 0 Å². The van der Waals surface area contributed by atoms with Gasteiger partial charge in [0.25, 0.3) is 0 Å². The van der Waals surface area contributed by atoms with Gasteiger partial charge in [0.05, 0.1) is 12.2 Å². The zero-order valence-corrected chi connectivity index (χ0v) is 13.7. The predicted octanol–water partition coefficient (Wildman–Crippen LogP) is 3.28. The minimum atomic E-state index is -0.552. The third kappa shape index (κ3) is 4.21. The van der Waals surface area contributed by atoms with Gasteiger partial charge < -0.3 is 4.74 Å². The van der Waals surface area contributed by atoms with E-state index in [4.69, 9.17) is 16.9 Å². The molecule has 0 aliphatic carbocycles. The number of benzene rings is 1. The second-order valence-electron chi connectivity index (χ2n) is 4.93. The number of aryl methyl sites for hydroxylation is 1. The molecular weight excluding hydrogens is 314 g/mol. The first-order chi connectivity index (χ1) is 11.0. The lowest BCUT2D eigenvalue weighted by atomic mass is 10.1. The Morgan fingerprint density at radius 1 is 1.43 bits per heavy atom. The lowest BCUT2D eigenvalue weighted by Crippen LogP contribution is -2.04. The molecule has 0 unspecified atom stereocenters. The van der Waals surface area contributed by atoms with Crippen LogP contribution in [0.25, 0.3) is 6.08 Å². The van der Waals surface area contributed by atoms with Crippen molar-refractivity contribution in [1.82, 2.24) is 9.78 Å². The minimum absolute atomic E-state index is 0.257. The SMILES string of the molecule is Cc1nn(Cc2ccccc2Cl)c(C)c1/C=C/C(=O)OCC#N. The molecule has 1 heterocycles. The summed E-state index contributed by atoms with van der Waals surface area (Å²) < 4.78 is 6.52. The van der Waals surface area contributed by atoms with Gasteiger partial charge in [-0.2, -0.15) is 10.4 Å². The molecule has 0 amide bonds. The van der Waals surface area contributed by atoms with Crippen molar-refractivity contribution in [2.24, 2.45) is 0 Å². The van der Waals surface area contributed by atoms with E-state index in [1.165, 1.54) is 6.08 Å². The zero-order chi connectivity index (χ0) is 16.8. The summed E-state index contributed by atoms with van der Waals surface area (Å²) in [5, 5.41) is 13.6. The first-order valence-corrected chi connectivity index (χ1v) is 7.40. The average Bonchev–Trinajstić information content (AvgIpc) is 2.79. The summed E-state index contributed by atoms with van der Waals surface area (Å²) in [6.45, 7) is 4.10. The summed E-state index contributed by atoms with van der Waals surface area (Å²) in [6.07, 6.45) is 2.95. The van der Waals surface area contributed by atoms with Crippen LogP contribution in [0.3, 0.4) is 0 Å². The van der Waals surface area contributed by atoms with Gasteiger partial charge in [-0.1, -0.05) is 29.8 Å². The number of hydrogen-bond donors (Lipinski definition) is 0. The van der Waals surface area contributed by atoms with Crippen LogP contribution < -0.4 is 0 Å². The molecular formula is C17H16ClN3O2. The quantitative estimate of drug-likeness (QED) is 0.623. The van der Waals surface area contributed by atoms with Crippen molar-refractivity contribution in [1.29, 1.82) is 5.26 Å². The molecule has 118 valence electrons. The van der Waals surface area contributed by atoms with Crippen LogP contribution in [0.2, 0.25) is 5.02 Å². The van der Waals surface area contributed by atoms with Crippen LogP contribution in [-0.4, -0.2) is 22.4 Å². The Morgan fingerprint density at radius 2 is 2.17 bits per heavy atom. The van der Waals surface area contributed by atoms with Gasteiger partial charge in [-0.15, -0.1) is 0 Å². The smallest absolute Gasteiger partial charge is 0.331 e. The number of nitrogens with zero attached hydrogens (tertiary/aromatic N) is 3. The summed E-state index contributed by atoms with van der Waals surface area (Å²) >= 11 is 6.18. The van der Waals surface area contributed by atoms with Gasteiger partial charge in [-0.3, -0.25) is 4.68 Å². The second-order valence-corrected chi connectivity index (χ2v) is 5.34. The third-order valence-electron chi connectivity index (χ3n) is 3.38. The largest absolute Gasteiger partial charge is 0.447 e. The van der Waals surface area contributed by atoms with Crippen LogP contribution in [0.15, 0.2) is 30.3 Å². The van der Waals surface area contributed by atoms with E-state index in [0.29, 0.717) is 11.6 Å². The third-order valence-corrected chi connectivity index (χ3v) is 3.75. The molecule has 0 saturated carbocycles. The highest BCUT2D eigenvalue weighted by Gasteiger charge is 2.11. The van der Waals surface area contributed by atoms with Crippen molar-refractivity contribution in [3.8, 4) is 6.07 Å². The average molecular weight is 330 g/mol. The first-order valence-electron chi connectivity index (χ1n) is 7.02. The number of ether oxygens (including phenoxy) is 1. The number of carbonyl (C=O) groups is 1. The summed E-state index contributed by atoms with van der Waals surface area (Å²) in [6, 6.07) is 9.36. The number of esters is 1. The van der Waals surface area contributed by atoms with Gasteiger partial charge in [0.1, 0.15) is 6.07 Å². The second kappa shape index (κ2) is 7.61. The highest BCUT2D eigenvalue weighted by molar-refractivity contribution is 6.31. The molecule has 0 aliphatic heterocycles. The number of hydrogen-bond acceptors (Lipinski definition) is 4. The molecule has 2 rings (SSSR count). The fourth-order valence-electron chi connectivity index (χ4n) is 2.20. The molecule has 0 radical (unpaired) electrons. The Morgan fingerprint density at radius 3 is 2.87 bits per heavy atom. The van der Waals surface area contributed by atoms with Crippen molar-refractivity contribution in [2.75, 3.05) is 6.61 Å². The normalized spacial score (nSPS) is 10.7. The minimum Gasteiger partial charge on any atom is -0.447 e. The van der Waals surface area contributed by atoms with Gasteiger partial charge in [0, 0.05) is 22.4 Å². The van der Waals surface area contributed by atoms with Crippen LogP contribution in [0.1, 0.15) is 22.5 Å². The summed E-state index contributed by atoms with van der Waals surface area (Å²) in [5.74, 6) is -0.552. The van der Waals surface area contributed by atoms with E-state index in [2.05, 4.69) is 9.84 Å². The Labute approximate surface area is 139 Å². The molecule has 0 bridgehead atoms. The summed E-state index contributed by atoms with van der Waals surface area (Å²) in [5.41, 5.74) is 3.56. The molecule has 5 nitrogen and oxygen atoms in total. The Hall–Kier alpha value is -2.58. The van der Waals surface area contributed by atoms with Crippen LogP contribution in [0.5, 0.6) is 0 Å². The zero-order valence-electron chi connectivity index (χ0n) is 12.9. The maximum Gasteiger partial charge on any atom is 0.331 e. The van der Waals surface area contributed by atoms with E-state index in [9.17, 15) is 4.79 Å². The van der Waals surface area contributed by atoms with E-state index < -0.39 is 5.97 Å². The topological polar surface area (TPSA) is 67.9 Å². The predicted molar refractivity (Wildman–Crippen MR) is 87.9 cm³/mol. The Kier molecular flexibility index (Phi) is 5.56. The van der Waals surface area contributed by atoms with Crippen molar-refractivity contribution in [2.45, 2.75) is 20.4 Å². The van der Waals surface area contributed by atoms with E-state index in [1.807, 2.05) is 42.8 Å². The fourth-order valence-corrected chi connectivity index (χ4v) is 2.39. The molecule has 0 fully saturated rings. The molecule has 0 atom stereocenters. The van der Waals surface area contributed by atoms with Gasteiger partial charge >= 0.3 is 5.97 Å². The van der Waals surface area contributed by atoms with Crippen molar-refractivity contribution >= 4 is 23.6 Å². The number of carbonyl (C=O) groups excluding carboxylic acids is 1. The number of aromatic nitrogens is 2. The van der Waals surface area contributed by atoms with Gasteiger partial charge in [0.15, 0.2) is 6.61 Å². The summed E-state index contributed by atoms with van der Waals surface area (Å²) in [7, 11) is 0. The molecule has 1 aromatic heterocycles. The molecule has 0 saturated heterocycles. The molecule has 2 aromatic rings. The molecule has 23 heavy (non-hydrogen) atoms. The number of rotatable bonds is 5. The van der Waals surface area contributed by atoms with Gasteiger partial charge in [-0.25, -0.2) is 4.79 Å². The van der Waals surface area contributed by atoms with Crippen LogP contribution in [0.4, 0.5) is 0 Å². The summed E-state index contributed by atoms with van der Waals surface area (Å²) in [4.78, 5) is 11.4. The lowest BCUT2D eigenvalue weighted by Gasteiger charge is -2.06. The molecule has 0 aliphatic rings. The maximum atomic E-state index is 11.4. The first kappa shape index (κ1) is 16.8. The van der Waals surface area contributed by atoms with Crippen molar-refractivity contribution in [3.63, 3.8) is 0 Å². The van der Waals surface area contributed by atoms with E-state index in [1.54, 1.807) is 12.1 Å². The molecule has 6 heteroatoms. The van der Waals surface area contributed by atoms with Crippen LogP contribution in [-0.2, 0) is 16.1 Å². The maximum absolute atomic E-state index is 11.4. The molecule has 0 spiro atoms. The van der Waals surface area contributed by atoms with E-state index in [-0.39, 0.29) is 6.61 Å². The van der Waals surface area contributed by atoms with Crippen molar-refractivity contribution < 1.29 is 9.53 Å². The van der Waals surface area contributed by atoms with Gasteiger partial charge in [0.2, 0.25) is 0 Å². The van der Waals surface area contributed by atoms with Crippen LogP contribution >= 0.6 is 11.6 Å². The lowest BCUT2D eigenvalue weighted by molar-refractivity contribution is -0.136. The van der Waals surface area contributed by atoms with E-state index in [0.717, 1.165) is 22.5 Å². The van der Waals surface area contributed by atoms with Gasteiger partial charge in [-0.05, 0) is 31.6 Å². The van der Waals surface area contributed by atoms with Crippen LogP contribution in [0, 0.1) is 25.2 Å². The monoisotopic (exact) mass is 329 g/mol. The molecule has 1 aromatic carbocycles. The Bertz CT molecular complexity index is 788. The molecule has 0 N–H and O–H groups in total. The highest BCUT2D eigenvalue weighted by atomic mass is 35.5. The van der Waals surface area contributed by atoms with Crippen molar-refractivity contribution in [3.05, 3.63) is 57.9 Å². The Balaban J connectivity index is 2.20. The highest BCUT2D eigenvalue weighted by Crippen LogP contribution is 2.20. The fraction of sp³-hybridized carbons (Fsp3) is 0.235. The standard InChI is InChI=1S/C17H16ClN3O2/c1-12-15(7-8-17(22)23-10-9-19)13(2)21(20-12)11-14-5-3-4-6-16(14)18/h3-8H,10-11H2,1-2H3/b8-7+. The number of halogens is 1.